The molecule has 1 aliphatic rings. The van der Waals surface area contributed by atoms with E-state index in [-0.39, 0.29) is 0 Å². The predicted octanol–water partition coefficient (Wildman–Crippen LogP) is 3.18. The van der Waals surface area contributed by atoms with E-state index in [1.807, 2.05) is 0 Å². The molecule has 0 spiro atoms. The molecule has 10 heavy (non-hydrogen) atoms. The summed E-state index contributed by atoms with van der Waals surface area (Å²) in [5, 5.41) is 1.21. The van der Waals surface area contributed by atoms with Crippen molar-refractivity contribution in [3.05, 3.63) is 34.6 Å². The van der Waals surface area contributed by atoms with E-state index in [0.29, 0.717) is 19.6 Å². The second-order valence-electron chi connectivity index (χ2n) is 1.82. The number of halogens is 1. The van der Waals surface area contributed by atoms with Gasteiger partial charge in [-0.1, -0.05) is 12.1 Å². The quantitative estimate of drug-likeness (QED) is 0.511. The highest BCUT2D eigenvalue weighted by Crippen LogP contribution is 2.34. The van der Waals surface area contributed by atoms with Crippen molar-refractivity contribution in [3.8, 4) is 0 Å². The Kier molecular flexibility index (Phi) is 2.22. The van der Waals surface area contributed by atoms with Crippen molar-refractivity contribution >= 4 is 31.3 Å². The topological polar surface area (TPSA) is 12.4 Å². The Hall–Kier alpha value is 0.350. The van der Waals surface area contributed by atoms with Gasteiger partial charge in [0.1, 0.15) is 0 Å². The van der Waals surface area contributed by atoms with Crippen LogP contribution in [-0.2, 0) is 0 Å². The van der Waals surface area contributed by atoms with Crippen LogP contribution in [0.1, 0.15) is 0 Å². The zero-order valence-corrected chi connectivity index (χ0v) is 8.98. The molecule has 1 aromatic rings. The minimum atomic E-state index is 0.304. The van der Waals surface area contributed by atoms with Gasteiger partial charge in [-0.05, 0) is 37.6 Å². The fraction of sp³-hybridized carbons (Fsp3) is 0. The second kappa shape index (κ2) is 3.17. The first-order valence-electron chi connectivity index (χ1n) is 2.81. The molecule has 0 radical (unpaired) electrons. The lowest BCUT2D eigenvalue weighted by Crippen LogP contribution is -1.98. The van der Waals surface area contributed by atoms with E-state index in [2.05, 4.69) is 29.0 Å². The normalized spacial score (nSPS) is 17.2. The average molecular weight is 279 g/mol. The summed E-state index contributed by atoms with van der Waals surface area (Å²) in [6, 6.07) is 8.41. The van der Waals surface area contributed by atoms with E-state index in [1.54, 1.807) is 0 Å². The van der Waals surface area contributed by atoms with Crippen LogP contribution in [0.5, 0.6) is 0 Å². The molecule has 4 heteroatoms. The van der Waals surface area contributed by atoms with Crippen LogP contribution in [-0.4, -0.2) is 0 Å². The van der Waals surface area contributed by atoms with E-state index < -0.39 is 0 Å². The molecule has 0 bridgehead atoms. The summed E-state index contributed by atoms with van der Waals surface area (Å²) >= 11 is 0.304. The van der Waals surface area contributed by atoms with Gasteiger partial charge >= 0.3 is 0 Å². The zero-order valence-electron chi connectivity index (χ0n) is 5.03. The first-order chi connectivity index (χ1) is 4.97. The lowest BCUT2D eigenvalue weighted by atomic mass is 10.3. The van der Waals surface area contributed by atoms with Crippen molar-refractivity contribution < 1.29 is 0 Å². The molecular weight excluding hydrogens is 275 g/mol. The Balaban J connectivity index is 2.92. The van der Waals surface area contributed by atoms with Crippen molar-refractivity contribution in [2.75, 3.05) is 0 Å². The Bertz CT molecular complexity index is 348. The smallest absolute Gasteiger partial charge is 0.0817 e. The molecule has 0 unspecified atom stereocenters. The summed E-state index contributed by atoms with van der Waals surface area (Å²) < 4.78 is 4.41. The van der Waals surface area contributed by atoms with Crippen LogP contribution in [0.25, 0.3) is 0 Å². The highest BCUT2D eigenvalue weighted by atomic mass is 127. The van der Waals surface area contributed by atoms with Crippen LogP contribution in [0.4, 0.5) is 0 Å². The fourth-order valence-electron chi connectivity index (χ4n) is 0.735. The Morgan fingerprint density at radius 3 is 3.10 bits per heavy atom. The SMILES string of the molecule is c1ccc2c(c1)=NP=IP=2. The molecular formula is C6H4INP2. The molecule has 0 aliphatic carbocycles. The minimum Gasteiger partial charge on any atom is -0.220 e. The number of nitrogens with zero attached hydrogens (tertiary/aromatic N) is 1. The van der Waals surface area contributed by atoms with Crippen LogP contribution < -0.4 is 5.36 Å². The van der Waals surface area contributed by atoms with E-state index in [1.165, 1.54) is 22.1 Å². The van der Waals surface area contributed by atoms with Crippen LogP contribution in [0.15, 0.2) is 29.0 Å². The summed E-state index contributed by atoms with van der Waals surface area (Å²) in [7, 11) is 0. The predicted molar refractivity (Wildman–Crippen MR) is 54.3 cm³/mol. The molecule has 50 valence electrons. The monoisotopic (exact) mass is 279 g/mol. The van der Waals surface area contributed by atoms with Gasteiger partial charge in [-0.15, -0.1) is 0 Å². The van der Waals surface area contributed by atoms with Crippen molar-refractivity contribution in [3.63, 3.8) is 0 Å². The number of hydrogen-bond acceptors (Lipinski definition) is 1. The minimum absolute atomic E-state index is 0.304. The van der Waals surface area contributed by atoms with Crippen LogP contribution >= 0.6 is 31.3 Å². The fourth-order valence-corrected chi connectivity index (χ4v) is 7.77. The van der Waals surface area contributed by atoms with Gasteiger partial charge in [0.2, 0.25) is 0 Å². The zero-order chi connectivity index (χ0) is 6.81. The number of benzene rings is 1. The van der Waals surface area contributed by atoms with Gasteiger partial charge in [0.05, 0.1) is 11.3 Å². The largest absolute Gasteiger partial charge is 0.220 e. The third-order valence-corrected chi connectivity index (χ3v) is 8.50. The Labute approximate surface area is 70.6 Å². The molecule has 0 amide bonds. The van der Waals surface area contributed by atoms with Crippen LogP contribution in [0, 0.1) is 4.94 Å². The lowest BCUT2D eigenvalue weighted by Gasteiger charge is -1.87. The second-order valence-corrected chi connectivity index (χ2v) is 10.1. The molecule has 2 rings (SSSR count). The summed E-state index contributed by atoms with van der Waals surface area (Å²) in [5.41, 5.74) is 0. The summed E-state index contributed by atoms with van der Waals surface area (Å²) in [6.07, 6.45) is 0. The highest BCUT2D eigenvalue weighted by Gasteiger charge is 1.86. The van der Waals surface area contributed by atoms with E-state index in [9.17, 15) is 0 Å². The summed E-state index contributed by atoms with van der Waals surface area (Å²) in [5.74, 6) is 2.86. The lowest BCUT2D eigenvalue weighted by molar-refractivity contribution is 1.44. The van der Waals surface area contributed by atoms with Gasteiger partial charge in [-0.2, -0.15) is 0 Å². The van der Waals surface area contributed by atoms with Crippen molar-refractivity contribution in [1.82, 2.24) is 0 Å². The maximum atomic E-state index is 4.41. The highest BCUT2D eigenvalue weighted by molar-refractivity contribution is 14.2. The first-order valence-corrected chi connectivity index (χ1v) is 10.1. The standard InChI is InChI=1S/C6H4INP2/c1-2-4-6-5(3-1)8-10-7-9-6/h1-4H. The summed E-state index contributed by atoms with van der Waals surface area (Å²) in [4.78, 5) is 1.43. The first kappa shape index (κ1) is 7.02. The molecule has 0 N–H and O–H groups in total. The van der Waals surface area contributed by atoms with Crippen molar-refractivity contribution in [2.24, 2.45) is 4.76 Å². The van der Waals surface area contributed by atoms with Gasteiger partial charge < -0.3 is 0 Å². The third kappa shape index (κ3) is 1.34. The molecule has 0 atom stereocenters. The van der Waals surface area contributed by atoms with Gasteiger partial charge in [0.15, 0.2) is 0 Å². The van der Waals surface area contributed by atoms with Crippen molar-refractivity contribution in [1.29, 1.82) is 0 Å². The van der Waals surface area contributed by atoms with E-state index in [0.717, 1.165) is 0 Å². The number of hydrogen-bond donors (Lipinski definition) is 0. The van der Waals surface area contributed by atoms with Gasteiger partial charge in [-0.25, -0.2) is 4.76 Å². The molecule has 0 aromatic heterocycles. The van der Waals surface area contributed by atoms with Gasteiger partial charge in [0, 0.05) is 4.94 Å². The van der Waals surface area contributed by atoms with Gasteiger partial charge in [-0.3, -0.25) is 0 Å². The molecule has 0 fully saturated rings. The van der Waals surface area contributed by atoms with Gasteiger partial charge in [0.25, 0.3) is 0 Å². The van der Waals surface area contributed by atoms with Crippen LogP contribution in [0.2, 0.25) is 0 Å². The van der Waals surface area contributed by atoms with E-state index >= 15 is 0 Å². The Morgan fingerprint density at radius 1 is 1.30 bits per heavy atom. The molecule has 0 saturated carbocycles. The maximum Gasteiger partial charge on any atom is 0.0817 e. The summed E-state index contributed by atoms with van der Waals surface area (Å²) in [6.45, 7) is 0. The number of fused-ring (bicyclic) bond motifs is 1. The third-order valence-electron chi connectivity index (χ3n) is 1.19. The Morgan fingerprint density at radius 2 is 2.20 bits per heavy atom. The average Bonchev–Trinajstić information content (AvgIpc) is 2.05. The molecule has 1 heterocycles. The van der Waals surface area contributed by atoms with E-state index in [4.69, 9.17) is 0 Å². The molecule has 1 aliphatic heterocycles. The molecule has 1 aromatic carbocycles. The maximum absolute atomic E-state index is 4.41. The molecule has 1 nitrogen and oxygen atoms in total. The van der Waals surface area contributed by atoms with Crippen LogP contribution in [0.3, 0.4) is 0 Å². The molecule has 0 saturated heterocycles. The number of rotatable bonds is 0. The van der Waals surface area contributed by atoms with Crippen molar-refractivity contribution in [2.45, 2.75) is 0 Å².